The van der Waals surface area contributed by atoms with E-state index in [1.165, 1.54) is 48.9 Å². The molecule has 0 aliphatic carbocycles. The minimum absolute atomic E-state index is 0.319. The van der Waals surface area contributed by atoms with Crippen LogP contribution in [0.25, 0.3) is 10.9 Å². The zero-order valence-corrected chi connectivity index (χ0v) is 11.9. The van der Waals surface area contributed by atoms with E-state index in [1.807, 2.05) is 0 Å². The van der Waals surface area contributed by atoms with Crippen molar-refractivity contribution < 1.29 is 4.90 Å². The molecular formula is C17H23N2+. The molecule has 3 atom stereocenters. The number of rotatable bonds is 0. The number of hydrogen-bond donors (Lipinski definition) is 2. The SMILES string of the molecule is C[C@H]1CC[C@@]2(C)c3[nH]c4ccccc4c3CC[NH+]2C1. The molecule has 100 valence electrons. The van der Waals surface area contributed by atoms with Crippen molar-refractivity contribution in [2.24, 2.45) is 5.92 Å². The van der Waals surface area contributed by atoms with Crippen LogP contribution in [0.4, 0.5) is 0 Å². The Bertz CT molecular complexity index is 627. The number of fused-ring (bicyclic) bond motifs is 5. The van der Waals surface area contributed by atoms with Gasteiger partial charge in [-0.15, -0.1) is 0 Å². The summed E-state index contributed by atoms with van der Waals surface area (Å²) in [5.74, 6) is 0.883. The minimum atomic E-state index is 0.319. The van der Waals surface area contributed by atoms with Gasteiger partial charge >= 0.3 is 0 Å². The number of H-pyrrole nitrogens is 1. The van der Waals surface area contributed by atoms with Gasteiger partial charge in [0.25, 0.3) is 0 Å². The number of quaternary nitrogens is 1. The van der Waals surface area contributed by atoms with Crippen LogP contribution < -0.4 is 4.90 Å². The molecule has 0 saturated carbocycles. The van der Waals surface area contributed by atoms with Crippen LogP contribution in [0.15, 0.2) is 24.3 Å². The maximum atomic E-state index is 3.75. The largest absolute Gasteiger partial charge is 0.353 e. The third-order valence-corrected chi connectivity index (χ3v) is 5.55. The lowest BCUT2D eigenvalue weighted by atomic mass is 9.77. The van der Waals surface area contributed by atoms with E-state index in [2.05, 4.69) is 43.1 Å². The highest BCUT2D eigenvalue weighted by molar-refractivity contribution is 5.85. The van der Waals surface area contributed by atoms with Crippen molar-refractivity contribution in [3.63, 3.8) is 0 Å². The second-order valence-electron chi connectivity index (χ2n) is 6.81. The molecule has 0 spiro atoms. The van der Waals surface area contributed by atoms with Crippen LogP contribution in [-0.2, 0) is 12.0 Å². The van der Waals surface area contributed by atoms with Gasteiger partial charge < -0.3 is 9.88 Å². The zero-order valence-electron chi connectivity index (χ0n) is 11.9. The van der Waals surface area contributed by atoms with Crippen LogP contribution in [0.3, 0.4) is 0 Å². The zero-order chi connectivity index (χ0) is 13.0. The van der Waals surface area contributed by atoms with Crippen molar-refractivity contribution in [3.05, 3.63) is 35.5 Å². The Kier molecular flexibility index (Phi) is 2.34. The molecule has 1 unspecified atom stereocenters. The lowest BCUT2D eigenvalue weighted by Crippen LogP contribution is -3.20. The third-order valence-electron chi connectivity index (χ3n) is 5.55. The molecule has 2 nitrogen and oxygen atoms in total. The number of piperidine rings is 1. The molecule has 2 heteroatoms. The van der Waals surface area contributed by atoms with E-state index in [1.54, 1.807) is 10.5 Å². The van der Waals surface area contributed by atoms with E-state index in [-0.39, 0.29) is 0 Å². The Morgan fingerprint density at radius 1 is 1.32 bits per heavy atom. The van der Waals surface area contributed by atoms with E-state index in [0.29, 0.717) is 5.54 Å². The number of benzene rings is 1. The van der Waals surface area contributed by atoms with Gasteiger partial charge in [-0.1, -0.05) is 25.1 Å². The smallest absolute Gasteiger partial charge is 0.136 e. The van der Waals surface area contributed by atoms with Gasteiger partial charge in [-0.3, -0.25) is 0 Å². The minimum Gasteiger partial charge on any atom is -0.353 e. The summed E-state index contributed by atoms with van der Waals surface area (Å²) < 4.78 is 0. The van der Waals surface area contributed by atoms with Crippen molar-refractivity contribution in [2.45, 2.75) is 38.6 Å². The van der Waals surface area contributed by atoms with Gasteiger partial charge in [-0.25, -0.2) is 0 Å². The van der Waals surface area contributed by atoms with Crippen LogP contribution >= 0.6 is 0 Å². The molecule has 2 aliphatic heterocycles. The number of aromatic amines is 1. The van der Waals surface area contributed by atoms with Crippen LogP contribution in [0.2, 0.25) is 0 Å². The summed E-state index contributed by atoms with van der Waals surface area (Å²) in [7, 11) is 0. The van der Waals surface area contributed by atoms with Gasteiger partial charge in [-0.05, 0) is 25.0 Å². The van der Waals surface area contributed by atoms with Crippen molar-refractivity contribution in [1.82, 2.24) is 4.98 Å². The highest BCUT2D eigenvalue weighted by Crippen LogP contribution is 2.36. The van der Waals surface area contributed by atoms with Gasteiger partial charge in [0.05, 0.1) is 18.8 Å². The molecule has 1 aromatic heterocycles. The lowest BCUT2D eigenvalue weighted by Gasteiger charge is -2.46. The number of para-hydroxylation sites is 1. The van der Waals surface area contributed by atoms with Crippen LogP contribution in [0.1, 0.15) is 37.9 Å². The molecule has 19 heavy (non-hydrogen) atoms. The highest BCUT2D eigenvalue weighted by atomic mass is 15.2. The van der Waals surface area contributed by atoms with E-state index in [4.69, 9.17) is 0 Å². The first-order chi connectivity index (χ1) is 9.18. The highest BCUT2D eigenvalue weighted by Gasteiger charge is 2.47. The Labute approximate surface area is 114 Å². The molecular weight excluding hydrogens is 232 g/mol. The summed E-state index contributed by atoms with van der Waals surface area (Å²) in [5, 5.41) is 1.45. The Morgan fingerprint density at radius 3 is 3.05 bits per heavy atom. The summed E-state index contributed by atoms with van der Waals surface area (Å²) in [6, 6.07) is 8.81. The number of nitrogens with one attached hydrogen (secondary N) is 2. The Balaban J connectivity index is 1.90. The average molecular weight is 255 g/mol. The van der Waals surface area contributed by atoms with Crippen molar-refractivity contribution in [1.29, 1.82) is 0 Å². The summed E-state index contributed by atoms with van der Waals surface area (Å²) in [6.07, 6.45) is 3.93. The fraction of sp³-hybridized carbons (Fsp3) is 0.529. The Hall–Kier alpha value is -1.28. The van der Waals surface area contributed by atoms with Gasteiger partial charge in [0, 0.05) is 29.7 Å². The monoisotopic (exact) mass is 255 g/mol. The molecule has 3 heterocycles. The van der Waals surface area contributed by atoms with E-state index in [9.17, 15) is 0 Å². The van der Waals surface area contributed by atoms with Gasteiger partial charge in [0.2, 0.25) is 0 Å². The number of aromatic nitrogens is 1. The summed E-state index contributed by atoms with van der Waals surface area (Å²) in [5.41, 5.74) is 4.77. The predicted molar refractivity (Wildman–Crippen MR) is 78.4 cm³/mol. The molecule has 0 bridgehead atoms. The summed E-state index contributed by atoms with van der Waals surface area (Å²) >= 11 is 0. The predicted octanol–water partition coefficient (Wildman–Crippen LogP) is 2.25. The molecule has 0 radical (unpaired) electrons. The molecule has 1 aromatic carbocycles. The molecule has 2 aliphatic rings. The third kappa shape index (κ3) is 1.53. The maximum Gasteiger partial charge on any atom is 0.136 e. The summed E-state index contributed by atoms with van der Waals surface area (Å²) in [4.78, 5) is 5.55. The van der Waals surface area contributed by atoms with Crippen molar-refractivity contribution in [2.75, 3.05) is 13.1 Å². The maximum absolute atomic E-state index is 3.75. The topological polar surface area (TPSA) is 20.2 Å². The van der Waals surface area contributed by atoms with E-state index in [0.717, 1.165) is 5.92 Å². The number of hydrogen-bond acceptors (Lipinski definition) is 0. The van der Waals surface area contributed by atoms with Crippen LogP contribution in [-0.4, -0.2) is 18.1 Å². The van der Waals surface area contributed by atoms with Crippen LogP contribution in [0.5, 0.6) is 0 Å². The van der Waals surface area contributed by atoms with Crippen molar-refractivity contribution >= 4 is 10.9 Å². The average Bonchev–Trinajstić information content (AvgIpc) is 2.80. The first-order valence-electron chi connectivity index (χ1n) is 7.64. The van der Waals surface area contributed by atoms with Gasteiger partial charge in [0.1, 0.15) is 5.54 Å². The standard InChI is InChI=1S/C17H22N2/c1-12-7-9-17(2)16-14(8-10-19(17)11-12)13-5-3-4-6-15(13)18-16/h3-6,12,18H,7-11H2,1-2H3/p+1/t12-,17-/m0/s1. The molecule has 4 rings (SSSR count). The van der Waals surface area contributed by atoms with Crippen molar-refractivity contribution in [3.8, 4) is 0 Å². The molecule has 2 N–H and O–H groups in total. The normalized spacial score (nSPS) is 34.0. The van der Waals surface area contributed by atoms with Gasteiger partial charge in [-0.2, -0.15) is 0 Å². The molecule has 2 aromatic rings. The second-order valence-corrected chi connectivity index (χ2v) is 6.81. The molecule has 1 saturated heterocycles. The summed E-state index contributed by atoms with van der Waals surface area (Å²) in [6.45, 7) is 7.52. The van der Waals surface area contributed by atoms with E-state index < -0.39 is 0 Å². The fourth-order valence-corrected chi connectivity index (χ4v) is 4.35. The first kappa shape index (κ1) is 11.5. The molecule has 1 fully saturated rings. The van der Waals surface area contributed by atoms with Gasteiger partial charge in [0.15, 0.2) is 0 Å². The molecule has 0 amide bonds. The lowest BCUT2D eigenvalue weighted by molar-refractivity contribution is -0.970. The Morgan fingerprint density at radius 2 is 2.16 bits per heavy atom. The van der Waals surface area contributed by atoms with Crippen LogP contribution in [0, 0.1) is 5.92 Å². The quantitative estimate of drug-likeness (QED) is 0.720. The van der Waals surface area contributed by atoms with E-state index >= 15 is 0 Å². The first-order valence-corrected chi connectivity index (χ1v) is 7.64. The fourth-order valence-electron chi connectivity index (χ4n) is 4.35. The second kappa shape index (κ2) is 3.86.